The van der Waals surface area contributed by atoms with Gasteiger partial charge in [0.05, 0.1) is 10.9 Å². The summed E-state index contributed by atoms with van der Waals surface area (Å²) in [6, 6.07) is 0. The van der Waals surface area contributed by atoms with Crippen molar-refractivity contribution in [2.75, 3.05) is 11.9 Å². The number of rotatable bonds is 4. The maximum atomic E-state index is 11.3. The minimum atomic E-state index is -1.13. The Morgan fingerprint density at radius 2 is 2.38 bits per heavy atom. The van der Waals surface area contributed by atoms with E-state index in [1.165, 1.54) is 0 Å². The molecule has 0 aliphatic rings. The number of carbonyl (C=O) groups excluding carboxylic acids is 1. The number of aliphatic imine (C=N–C) groups is 1. The van der Waals surface area contributed by atoms with E-state index in [0.29, 0.717) is 5.69 Å². The van der Waals surface area contributed by atoms with Crippen LogP contribution in [0.5, 0.6) is 0 Å². The number of thiocarbonyl (C=S) groups is 1. The first kappa shape index (κ1) is 12.4. The number of aromatic nitrogens is 1. The minimum absolute atomic E-state index is 0.00434. The Bertz CT molecular complexity index is 477. The molecule has 84 valence electrons. The van der Waals surface area contributed by atoms with E-state index >= 15 is 0 Å². The molecule has 1 aromatic rings. The van der Waals surface area contributed by atoms with E-state index in [1.807, 2.05) is 5.16 Å². The van der Waals surface area contributed by atoms with Crippen LogP contribution in [0.15, 0.2) is 4.99 Å². The van der Waals surface area contributed by atoms with Gasteiger partial charge in [-0.1, -0.05) is 0 Å². The van der Waals surface area contributed by atoms with Gasteiger partial charge in [0.2, 0.25) is 5.91 Å². The summed E-state index contributed by atoms with van der Waals surface area (Å²) in [7, 11) is 0. The van der Waals surface area contributed by atoms with Crippen molar-refractivity contribution in [3.05, 3.63) is 11.3 Å². The van der Waals surface area contributed by atoms with Gasteiger partial charge in [-0.05, 0) is 30.7 Å². The third kappa shape index (κ3) is 2.93. The summed E-state index contributed by atoms with van der Waals surface area (Å²) >= 11 is 5.22. The van der Waals surface area contributed by atoms with E-state index in [0.717, 1.165) is 11.5 Å². The molecule has 1 aromatic heterocycles. The molecule has 0 atom stereocenters. The van der Waals surface area contributed by atoms with Gasteiger partial charge >= 0.3 is 5.97 Å². The highest BCUT2D eigenvalue weighted by molar-refractivity contribution is 7.78. The van der Waals surface area contributed by atoms with Crippen LogP contribution >= 0.6 is 23.8 Å². The number of nitrogens with one attached hydrogen (secondary N) is 1. The molecule has 0 bridgehead atoms. The van der Waals surface area contributed by atoms with Gasteiger partial charge in [-0.3, -0.25) is 4.79 Å². The predicted molar refractivity (Wildman–Crippen MR) is 62.3 cm³/mol. The molecular formula is C8H7N3O3S2. The zero-order valence-corrected chi connectivity index (χ0v) is 9.81. The van der Waals surface area contributed by atoms with E-state index in [4.69, 9.17) is 5.11 Å². The largest absolute Gasteiger partial charge is 0.478 e. The molecule has 1 amide bonds. The number of isothiocyanates is 1. The summed E-state index contributed by atoms with van der Waals surface area (Å²) in [4.78, 5) is 25.6. The summed E-state index contributed by atoms with van der Waals surface area (Å²) in [6.45, 7) is 1.38. The Hall–Kier alpha value is -1.63. The van der Waals surface area contributed by atoms with Crippen LogP contribution in [-0.4, -0.2) is 33.1 Å². The fourth-order valence-electron chi connectivity index (χ4n) is 0.977. The molecule has 0 radical (unpaired) electrons. The molecule has 0 fully saturated rings. The first-order chi connectivity index (χ1) is 7.56. The van der Waals surface area contributed by atoms with Gasteiger partial charge in [0, 0.05) is 0 Å². The van der Waals surface area contributed by atoms with Crippen molar-refractivity contribution in [1.82, 2.24) is 4.37 Å². The van der Waals surface area contributed by atoms with Gasteiger partial charge in [0.1, 0.15) is 17.1 Å². The van der Waals surface area contributed by atoms with E-state index in [1.54, 1.807) is 6.92 Å². The van der Waals surface area contributed by atoms with Crippen LogP contribution in [0.4, 0.5) is 5.00 Å². The lowest BCUT2D eigenvalue weighted by atomic mass is 10.2. The number of nitrogens with zero attached hydrogens (tertiary/aromatic N) is 2. The van der Waals surface area contributed by atoms with Crippen molar-refractivity contribution in [1.29, 1.82) is 0 Å². The molecule has 0 saturated heterocycles. The number of aryl methyl sites for hydroxylation is 1. The lowest BCUT2D eigenvalue weighted by Gasteiger charge is -2.00. The zero-order valence-electron chi connectivity index (χ0n) is 8.18. The standard InChI is InChI=1S/C8H7N3O3S2/c1-4-6(8(13)14)7(16-11-4)10-5(12)2-9-3-15/h2H2,1H3,(H,10,12)(H,13,14). The first-order valence-electron chi connectivity index (χ1n) is 4.09. The maximum Gasteiger partial charge on any atom is 0.340 e. The highest BCUT2D eigenvalue weighted by Crippen LogP contribution is 2.24. The molecule has 0 spiro atoms. The monoisotopic (exact) mass is 257 g/mol. The second-order valence-corrected chi connectivity index (χ2v) is 3.69. The normalized spacial score (nSPS) is 9.31. The zero-order chi connectivity index (χ0) is 12.1. The Morgan fingerprint density at radius 3 is 2.94 bits per heavy atom. The van der Waals surface area contributed by atoms with Crippen LogP contribution in [0.25, 0.3) is 0 Å². The summed E-state index contributed by atoms with van der Waals surface area (Å²) < 4.78 is 3.85. The summed E-state index contributed by atoms with van der Waals surface area (Å²) in [5.41, 5.74) is 0.371. The molecule has 0 aliphatic carbocycles. The van der Waals surface area contributed by atoms with E-state index in [2.05, 4.69) is 26.9 Å². The van der Waals surface area contributed by atoms with Crippen LogP contribution in [0.1, 0.15) is 16.1 Å². The van der Waals surface area contributed by atoms with Crippen LogP contribution in [-0.2, 0) is 4.79 Å². The first-order valence-corrected chi connectivity index (χ1v) is 5.27. The third-order valence-electron chi connectivity index (χ3n) is 1.62. The number of carboxylic acids is 1. The van der Waals surface area contributed by atoms with E-state index in [9.17, 15) is 9.59 Å². The Kier molecular flexibility index (Phi) is 4.24. The molecule has 0 saturated carbocycles. The number of aromatic carboxylic acids is 1. The van der Waals surface area contributed by atoms with Gasteiger partial charge in [-0.25, -0.2) is 9.79 Å². The van der Waals surface area contributed by atoms with Gasteiger partial charge in [0.25, 0.3) is 0 Å². The highest BCUT2D eigenvalue weighted by atomic mass is 32.1. The second-order valence-electron chi connectivity index (χ2n) is 2.73. The van der Waals surface area contributed by atoms with Crippen LogP contribution in [0, 0.1) is 6.92 Å². The molecule has 0 aliphatic heterocycles. The average Bonchev–Trinajstić information content (AvgIpc) is 2.56. The number of amides is 1. The minimum Gasteiger partial charge on any atom is -0.478 e. The van der Waals surface area contributed by atoms with Gasteiger partial charge < -0.3 is 10.4 Å². The van der Waals surface area contributed by atoms with Crippen molar-refractivity contribution < 1.29 is 14.7 Å². The lowest BCUT2D eigenvalue weighted by molar-refractivity contribution is -0.114. The highest BCUT2D eigenvalue weighted by Gasteiger charge is 2.18. The summed E-state index contributed by atoms with van der Waals surface area (Å²) in [5, 5.41) is 13.5. The quantitative estimate of drug-likeness (QED) is 0.624. The fraction of sp³-hybridized carbons (Fsp3) is 0.250. The topological polar surface area (TPSA) is 91.7 Å². The maximum absolute atomic E-state index is 11.3. The molecule has 1 heterocycles. The number of anilines is 1. The van der Waals surface area contributed by atoms with Gasteiger partial charge in [-0.2, -0.15) is 4.37 Å². The van der Waals surface area contributed by atoms with Crippen LogP contribution < -0.4 is 5.32 Å². The Morgan fingerprint density at radius 1 is 1.69 bits per heavy atom. The molecular weight excluding hydrogens is 250 g/mol. The van der Waals surface area contributed by atoms with Crippen molar-refractivity contribution in [2.45, 2.75) is 6.92 Å². The Labute approximate surface area is 100 Å². The summed E-state index contributed by atoms with van der Waals surface area (Å²) in [5.74, 6) is -1.58. The average molecular weight is 257 g/mol. The van der Waals surface area contributed by atoms with Gasteiger partial charge in [-0.15, -0.1) is 0 Å². The molecule has 6 nitrogen and oxygen atoms in total. The smallest absolute Gasteiger partial charge is 0.340 e. The van der Waals surface area contributed by atoms with E-state index < -0.39 is 11.9 Å². The predicted octanol–water partition coefficient (Wildman–Crippen LogP) is 1.19. The molecule has 16 heavy (non-hydrogen) atoms. The molecule has 0 unspecified atom stereocenters. The molecule has 2 N–H and O–H groups in total. The van der Waals surface area contributed by atoms with Crippen molar-refractivity contribution in [2.24, 2.45) is 4.99 Å². The van der Waals surface area contributed by atoms with Crippen molar-refractivity contribution in [3.8, 4) is 0 Å². The molecule has 8 heteroatoms. The van der Waals surface area contributed by atoms with E-state index in [-0.39, 0.29) is 17.1 Å². The second kappa shape index (κ2) is 5.45. The SMILES string of the molecule is Cc1nsc(NC(=O)CN=C=S)c1C(=O)O. The van der Waals surface area contributed by atoms with Crippen LogP contribution in [0.3, 0.4) is 0 Å². The number of hydrogen-bond donors (Lipinski definition) is 2. The fourth-order valence-corrected chi connectivity index (χ4v) is 1.85. The van der Waals surface area contributed by atoms with Crippen molar-refractivity contribution in [3.63, 3.8) is 0 Å². The number of carboxylic acid groups (broad SMARTS) is 1. The molecule has 1 rings (SSSR count). The number of carbonyl (C=O) groups is 2. The van der Waals surface area contributed by atoms with Crippen molar-refractivity contribution >= 4 is 45.8 Å². The van der Waals surface area contributed by atoms with Crippen LogP contribution in [0.2, 0.25) is 0 Å². The Balaban J connectivity index is 2.85. The molecule has 0 aromatic carbocycles. The lowest BCUT2D eigenvalue weighted by Crippen LogP contribution is -2.15. The summed E-state index contributed by atoms with van der Waals surface area (Å²) in [6.07, 6.45) is 0. The van der Waals surface area contributed by atoms with Gasteiger partial charge in [0.15, 0.2) is 0 Å². The number of hydrogen-bond acceptors (Lipinski definition) is 6. The third-order valence-corrected chi connectivity index (χ3v) is 2.60.